The van der Waals surface area contributed by atoms with Crippen molar-refractivity contribution in [3.63, 3.8) is 0 Å². The van der Waals surface area contributed by atoms with Gasteiger partial charge in [0.15, 0.2) is 0 Å². The molecule has 0 amide bonds. The Hall–Kier alpha value is -3.37. The fourth-order valence-electron chi connectivity index (χ4n) is 4.67. The Bertz CT molecular complexity index is 1380. The molecule has 1 aliphatic carbocycles. The van der Waals surface area contributed by atoms with Crippen molar-refractivity contribution in [1.82, 2.24) is 15.3 Å². The Morgan fingerprint density at radius 2 is 1.58 bits per heavy atom. The summed E-state index contributed by atoms with van der Waals surface area (Å²) in [5, 5.41) is 11.2. The Morgan fingerprint density at radius 3 is 2.34 bits per heavy atom. The minimum Gasteiger partial charge on any atom is -0.405 e. The zero-order valence-electron chi connectivity index (χ0n) is 20.4. The van der Waals surface area contributed by atoms with Crippen LogP contribution in [-0.2, 0) is 6.54 Å². The second-order valence-corrected chi connectivity index (χ2v) is 10.2. The minimum absolute atomic E-state index is 0.192. The third-order valence-corrected chi connectivity index (χ3v) is 7.03. The van der Waals surface area contributed by atoms with Crippen LogP contribution in [0, 0.1) is 0 Å². The third kappa shape index (κ3) is 6.93. The van der Waals surface area contributed by atoms with E-state index in [2.05, 4.69) is 36.6 Å². The van der Waals surface area contributed by atoms with Crippen LogP contribution in [0.15, 0.2) is 77.3 Å². The Kier molecular flexibility index (Phi) is 7.99. The molecule has 38 heavy (non-hydrogen) atoms. The highest BCUT2D eigenvalue weighted by molar-refractivity contribution is 9.10. The molecule has 1 aliphatic rings. The minimum atomic E-state index is -4.74. The van der Waals surface area contributed by atoms with Gasteiger partial charge in [-0.15, -0.1) is 13.2 Å². The summed E-state index contributed by atoms with van der Waals surface area (Å²) in [7, 11) is 0. The van der Waals surface area contributed by atoms with E-state index in [1.165, 1.54) is 6.07 Å². The molecule has 0 saturated heterocycles. The first-order valence-corrected chi connectivity index (χ1v) is 13.2. The number of nitrogens with one attached hydrogen (secondary N) is 3. The molecule has 3 aromatic carbocycles. The van der Waals surface area contributed by atoms with Crippen LogP contribution in [0.5, 0.6) is 5.75 Å². The number of hydrogen-bond acceptors (Lipinski definition) is 6. The molecule has 198 valence electrons. The van der Waals surface area contributed by atoms with Crippen LogP contribution in [0.25, 0.3) is 10.9 Å². The first-order chi connectivity index (χ1) is 18.3. The molecule has 0 atom stereocenters. The SMILES string of the molecule is FC(F)(F)Oc1cc(Br)ccc1CNC1CCC(Nc2nc(Nc3ccccc3)c3ccccc3n2)CC1. The zero-order valence-corrected chi connectivity index (χ0v) is 22.0. The van der Waals surface area contributed by atoms with Crippen LogP contribution in [0.1, 0.15) is 31.2 Å². The lowest BCUT2D eigenvalue weighted by molar-refractivity contribution is -0.274. The second-order valence-electron chi connectivity index (χ2n) is 9.28. The molecule has 3 N–H and O–H groups in total. The van der Waals surface area contributed by atoms with Crippen molar-refractivity contribution in [3.8, 4) is 5.75 Å². The van der Waals surface area contributed by atoms with Gasteiger partial charge in [0, 0.05) is 39.7 Å². The lowest BCUT2D eigenvalue weighted by Crippen LogP contribution is -2.37. The normalized spacial score (nSPS) is 17.8. The van der Waals surface area contributed by atoms with Gasteiger partial charge >= 0.3 is 6.36 Å². The van der Waals surface area contributed by atoms with Gasteiger partial charge in [-0.05, 0) is 62.1 Å². The van der Waals surface area contributed by atoms with Gasteiger partial charge in [-0.1, -0.05) is 52.3 Å². The molecule has 1 saturated carbocycles. The highest BCUT2D eigenvalue weighted by Crippen LogP contribution is 2.31. The first kappa shape index (κ1) is 26.2. The Balaban J connectivity index is 1.20. The molecule has 0 spiro atoms. The summed E-state index contributed by atoms with van der Waals surface area (Å²) in [6.07, 6.45) is -1.19. The van der Waals surface area contributed by atoms with E-state index < -0.39 is 6.36 Å². The van der Waals surface area contributed by atoms with Crippen LogP contribution in [-0.4, -0.2) is 28.4 Å². The van der Waals surface area contributed by atoms with Gasteiger partial charge < -0.3 is 20.7 Å². The largest absolute Gasteiger partial charge is 0.573 e. The lowest BCUT2D eigenvalue weighted by atomic mass is 9.91. The average Bonchev–Trinajstić information content (AvgIpc) is 2.89. The highest BCUT2D eigenvalue weighted by atomic mass is 79.9. The van der Waals surface area contributed by atoms with E-state index in [9.17, 15) is 13.2 Å². The van der Waals surface area contributed by atoms with E-state index in [4.69, 9.17) is 9.97 Å². The number of para-hydroxylation sites is 2. The Morgan fingerprint density at radius 1 is 0.868 bits per heavy atom. The summed E-state index contributed by atoms with van der Waals surface area (Å²) < 4.78 is 43.2. The zero-order chi connectivity index (χ0) is 26.5. The van der Waals surface area contributed by atoms with Crippen LogP contribution >= 0.6 is 15.9 Å². The monoisotopic (exact) mass is 585 g/mol. The van der Waals surface area contributed by atoms with Crippen molar-refractivity contribution < 1.29 is 17.9 Å². The van der Waals surface area contributed by atoms with Crippen molar-refractivity contribution in [2.24, 2.45) is 0 Å². The van der Waals surface area contributed by atoms with Crippen LogP contribution in [0.4, 0.5) is 30.6 Å². The van der Waals surface area contributed by atoms with E-state index >= 15 is 0 Å². The van der Waals surface area contributed by atoms with Gasteiger partial charge in [0.1, 0.15) is 11.6 Å². The molecule has 1 fully saturated rings. The molecule has 0 radical (unpaired) electrons. The maximum absolute atomic E-state index is 12.8. The predicted molar refractivity (Wildman–Crippen MR) is 147 cm³/mol. The summed E-state index contributed by atoms with van der Waals surface area (Å²) in [5.74, 6) is 1.12. The number of aromatic nitrogens is 2. The van der Waals surface area contributed by atoms with Gasteiger partial charge in [0.05, 0.1) is 5.52 Å². The van der Waals surface area contributed by atoms with E-state index in [0.29, 0.717) is 22.5 Å². The number of alkyl halides is 3. The molecule has 0 aliphatic heterocycles. The number of anilines is 3. The quantitative estimate of drug-likeness (QED) is 0.198. The molecular weight excluding hydrogens is 559 g/mol. The maximum Gasteiger partial charge on any atom is 0.573 e. The topological polar surface area (TPSA) is 71.1 Å². The van der Waals surface area contributed by atoms with E-state index in [0.717, 1.165) is 48.1 Å². The van der Waals surface area contributed by atoms with Gasteiger partial charge in [-0.25, -0.2) is 4.98 Å². The summed E-state index contributed by atoms with van der Waals surface area (Å²) in [6, 6.07) is 22.9. The molecule has 0 unspecified atom stereocenters. The van der Waals surface area contributed by atoms with Gasteiger partial charge in [-0.3, -0.25) is 0 Å². The number of fused-ring (bicyclic) bond motifs is 1. The fraction of sp³-hybridized carbons (Fsp3) is 0.286. The summed E-state index contributed by atoms with van der Waals surface area (Å²) in [6.45, 7) is 0.295. The van der Waals surface area contributed by atoms with E-state index in [1.54, 1.807) is 12.1 Å². The summed E-state index contributed by atoms with van der Waals surface area (Å²) in [4.78, 5) is 9.50. The molecule has 5 rings (SSSR count). The van der Waals surface area contributed by atoms with Crippen molar-refractivity contribution in [2.45, 2.75) is 50.7 Å². The first-order valence-electron chi connectivity index (χ1n) is 12.5. The Labute approximate surface area is 227 Å². The molecule has 10 heteroatoms. The highest BCUT2D eigenvalue weighted by Gasteiger charge is 2.32. The van der Waals surface area contributed by atoms with Crippen molar-refractivity contribution in [2.75, 3.05) is 10.6 Å². The fourth-order valence-corrected chi connectivity index (χ4v) is 5.01. The van der Waals surface area contributed by atoms with Gasteiger partial charge in [0.25, 0.3) is 0 Å². The lowest BCUT2D eigenvalue weighted by Gasteiger charge is -2.30. The molecule has 1 aromatic heterocycles. The average molecular weight is 586 g/mol. The predicted octanol–water partition coefficient (Wildman–Crippen LogP) is 7.55. The van der Waals surface area contributed by atoms with Crippen molar-refractivity contribution in [1.29, 1.82) is 0 Å². The van der Waals surface area contributed by atoms with Gasteiger partial charge in [-0.2, -0.15) is 4.98 Å². The molecule has 4 aromatic rings. The van der Waals surface area contributed by atoms with E-state index in [1.807, 2.05) is 54.6 Å². The number of hydrogen-bond donors (Lipinski definition) is 3. The molecule has 0 bridgehead atoms. The van der Waals surface area contributed by atoms with Gasteiger partial charge in [0.2, 0.25) is 5.95 Å². The number of benzene rings is 3. The molecular formula is C28H27BrF3N5O. The molecule has 6 nitrogen and oxygen atoms in total. The molecule has 1 heterocycles. The van der Waals surface area contributed by atoms with Crippen LogP contribution < -0.4 is 20.7 Å². The smallest absolute Gasteiger partial charge is 0.405 e. The number of halogens is 4. The maximum atomic E-state index is 12.8. The summed E-state index contributed by atoms with van der Waals surface area (Å²) >= 11 is 3.21. The second kappa shape index (κ2) is 11.6. The van der Waals surface area contributed by atoms with Crippen LogP contribution in [0.2, 0.25) is 0 Å². The number of ether oxygens (including phenoxy) is 1. The number of rotatable bonds is 8. The third-order valence-electron chi connectivity index (χ3n) is 6.54. The van der Waals surface area contributed by atoms with E-state index in [-0.39, 0.29) is 17.8 Å². The van der Waals surface area contributed by atoms with Crippen molar-refractivity contribution >= 4 is 44.3 Å². The standard InChI is InChI=1S/C28H27BrF3N5O/c29-19-11-10-18(25(16-19)38-28(30,31)32)17-33-20-12-14-22(15-13-20)35-27-36-24-9-5-4-8-23(24)26(37-27)34-21-6-2-1-3-7-21/h1-11,16,20,22,33H,12-15,17H2,(H2,34,35,36,37). The number of nitrogens with zero attached hydrogens (tertiary/aromatic N) is 2. The van der Waals surface area contributed by atoms with Crippen molar-refractivity contribution in [3.05, 3.63) is 82.8 Å². The van der Waals surface area contributed by atoms with Crippen LogP contribution in [0.3, 0.4) is 0 Å². The summed E-state index contributed by atoms with van der Waals surface area (Å²) in [5.41, 5.74) is 2.27.